The molecule has 4 aliphatic heterocycles. The number of guanidine groups is 1. The molecule has 4 heterocycles. The largest absolute Gasteiger partial charge is 0.744 e. The van der Waals surface area contributed by atoms with Gasteiger partial charge < -0.3 is 79.2 Å². The Kier molecular flexibility index (Phi) is 33.0. The number of hydrogen-bond acceptors (Lipinski definition) is 21. The lowest BCUT2D eigenvalue weighted by molar-refractivity contribution is -0.438. The second kappa shape index (κ2) is 41.3. The Labute approximate surface area is 657 Å². The van der Waals surface area contributed by atoms with Gasteiger partial charge in [-0.25, -0.2) is 8.42 Å². The molecule has 33 nitrogen and oxygen atoms in total. The average molecular weight is 1640 g/mol. The van der Waals surface area contributed by atoms with Crippen molar-refractivity contribution in [2.75, 3.05) is 67.2 Å². The van der Waals surface area contributed by atoms with Crippen LogP contribution in [0, 0.1) is 0 Å². The number of anilines is 1. The first kappa shape index (κ1) is 88.9. The molecular weight excluding hydrogens is 1540 g/mol. The first-order valence-electron chi connectivity index (χ1n) is 36.3. The van der Waals surface area contributed by atoms with Crippen molar-refractivity contribution in [3.05, 3.63) is 119 Å². The van der Waals surface area contributed by atoms with Crippen LogP contribution in [-0.4, -0.2) is 217 Å². The molecule has 0 saturated carbocycles. The minimum Gasteiger partial charge on any atom is -0.744 e. The van der Waals surface area contributed by atoms with E-state index in [1.807, 2.05) is 65.0 Å². The van der Waals surface area contributed by atoms with E-state index in [0.29, 0.717) is 55.5 Å². The maximum absolute atomic E-state index is 14.7. The predicted molar refractivity (Wildman–Crippen MR) is 421 cm³/mol. The van der Waals surface area contributed by atoms with Gasteiger partial charge in [0.2, 0.25) is 64.8 Å². The molecule has 0 aliphatic carbocycles. The lowest BCUT2D eigenvalue weighted by atomic mass is 9.81. The fraction of sp³-hybridized carbons (Fsp3) is 0.493. The van der Waals surface area contributed by atoms with Crippen LogP contribution in [0.1, 0.15) is 122 Å². The zero-order chi connectivity index (χ0) is 81.4. The van der Waals surface area contributed by atoms with Crippen LogP contribution < -0.4 is 69.5 Å². The number of carboxylic acids is 1. The predicted octanol–water partition coefficient (Wildman–Crippen LogP) is 1.43. The number of thioether (sulfide) groups is 1. The number of carbonyl (C=O) groups is 11. The van der Waals surface area contributed by atoms with Crippen molar-refractivity contribution in [3.8, 4) is 0 Å². The number of nitrogens with two attached hydrogens (primary N) is 2. The standard InChI is InChI=1S/C73H99N15O18S5/c1-7-76-65(95)53-40-107-43-62(91)80-50(66(96)85-54-41-108-109-42-55(70(100)83-51(67(97)84-53)35-44-21-12-9-13-22-44)86-68(98)52(38-63(92)93)81-61(90)39-79-64(94)49(82-69(54)99)24-20-33-78-71(74)75)23-17-18-32-77-60(89)27-16-11-19-34-88-57-31-29-46(111(104,105)106)37-48(57)73(5,6)59(88)26-15-10-14-25-58-72(3,4)47-36-45(110(101,102)103)28-30-56(47)87(58)8-2/h9-10,12-15,21-22,25-26,28-31,36-37,49-55H,7-8,11,16-20,23-24,27,32-35,38-43H2,1-6H3,(H16-,74,75,76,77,78,79,80,81,82,83,84,85,86,89,90,91,92,93,94,95,96,97,98,99,100,101,102,103,104,105,106)/t49-,50-,51-,52-,53-,54-,55-/m0/s1. The monoisotopic (exact) mass is 1630 g/mol. The van der Waals surface area contributed by atoms with Crippen molar-refractivity contribution in [1.82, 2.24) is 53.2 Å². The van der Waals surface area contributed by atoms with Crippen LogP contribution in [0.5, 0.6) is 0 Å². The van der Waals surface area contributed by atoms with Gasteiger partial charge in [-0.1, -0.05) is 84.0 Å². The van der Waals surface area contributed by atoms with Crippen molar-refractivity contribution >= 4 is 142 Å². The molecule has 0 radical (unpaired) electrons. The number of rotatable bonds is 27. The highest BCUT2D eigenvalue weighted by Crippen LogP contribution is 2.48. The number of hydrogen-bond donors (Lipinski definition) is 14. The van der Waals surface area contributed by atoms with Gasteiger partial charge in [-0.3, -0.25) is 62.3 Å². The third kappa shape index (κ3) is 25.9. The summed E-state index contributed by atoms with van der Waals surface area (Å²) in [7, 11) is -7.40. The number of carboxylic acid groups (broad SMARTS) is 1. The Morgan fingerprint density at radius 3 is 1.95 bits per heavy atom. The molecule has 7 rings (SSSR count). The van der Waals surface area contributed by atoms with E-state index in [9.17, 15) is 83.8 Å². The number of allylic oxidation sites excluding steroid dienone is 6. The third-order valence-electron chi connectivity index (χ3n) is 18.8. The Hall–Kier alpha value is -9.34. The van der Waals surface area contributed by atoms with E-state index in [2.05, 4.69) is 67.6 Å². The summed E-state index contributed by atoms with van der Waals surface area (Å²) in [6.45, 7) is 11.9. The number of fused-ring (bicyclic) bond motifs is 7. The highest BCUT2D eigenvalue weighted by atomic mass is 33.1. The van der Waals surface area contributed by atoms with Gasteiger partial charge in [0, 0.05) is 97.2 Å². The van der Waals surface area contributed by atoms with Gasteiger partial charge >= 0.3 is 5.97 Å². The van der Waals surface area contributed by atoms with Gasteiger partial charge in [0.25, 0.3) is 10.1 Å². The number of benzene rings is 3. The van der Waals surface area contributed by atoms with Crippen LogP contribution in [0.15, 0.2) is 118 Å². The molecular formula is C73H99N15O18S5. The Morgan fingerprint density at radius 1 is 0.676 bits per heavy atom. The lowest BCUT2D eigenvalue weighted by Crippen LogP contribution is -2.60. The van der Waals surface area contributed by atoms with E-state index in [1.54, 1.807) is 49.4 Å². The van der Waals surface area contributed by atoms with E-state index >= 15 is 0 Å². The average Bonchev–Trinajstić information content (AvgIpc) is 1.59. The van der Waals surface area contributed by atoms with E-state index in [4.69, 9.17) is 11.5 Å². The molecule has 3 aromatic rings. The number of carbonyl (C=O) groups excluding carboxylic acids is 10. The molecule has 2 saturated heterocycles. The van der Waals surface area contributed by atoms with Crippen LogP contribution in [0.3, 0.4) is 0 Å². The second-order valence-corrected chi connectivity index (χ2v) is 34.1. The summed E-state index contributed by atoms with van der Waals surface area (Å²) in [6, 6.07) is 6.94. The van der Waals surface area contributed by atoms with Gasteiger partial charge in [-0.2, -0.15) is 13.0 Å². The van der Waals surface area contributed by atoms with E-state index in [-0.39, 0.29) is 103 Å². The van der Waals surface area contributed by atoms with Crippen molar-refractivity contribution in [3.63, 3.8) is 0 Å². The maximum Gasteiger partial charge on any atom is 0.305 e. The molecule has 111 heavy (non-hydrogen) atoms. The molecule has 7 atom stereocenters. The molecule has 0 spiro atoms. The van der Waals surface area contributed by atoms with E-state index in [1.165, 1.54) is 24.3 Å². The summed E-state index contributed by atoms with van der Waals surface area (Å²) in [4.78, 5) is 158. The minimum atomic E-state index is -4.69. The first-order chi connectivity index (χ1) is 52.5. The van der Waals surface area contributed by atoms with Crippen LogP contribution in [-0.2, 0) is 90.2 Å². The molecule has 0 unspecified atom stereocenters. The second-order valence-electron chi connectivity index (χ2n) is 27.7. The SMILES string of the molecule is CCNC(=O)[C@@H]1CSCC(=O)N[C@@H](CCCCNC(=O)CCCCC[N+]2=C(/C=C/C=C/C=C3/N(CC)c4ccc(S(=O)(=O)[O-])cc4C3(C)C)C(C)(C)c3cc(S(=O)(=O)O)ccc32)C(=O)N[C@H]2CSSC[C@H](NC(=O)[C@H](CC(=O)O)NC(=O)CNC(=O)[C@H](CCCN=C(N)N)NC2=O)C(=O)N[C@@H](Cc2ccccc2)C(=O)N1. The van der Waals surface area contributed by atoms with E-state index < -0.39 is 145 Å². The Morgan fingerprint density at radius 2 is 1.31 bits per heavy atom. The number of aliphatic imine (C=N–C) groups is 1. The van der Waals surface area contributed by atoms with Crippen LogP contribution in [0.4, 0.5) is 11.4 Å². The lowest BCUT2D eigenvalue weighted by Gasteiger charge is -2.27. The van der Waals surface area contributed by atoms with Crippen LogP contribution >= 0.6 is 33.3 Å². The molecule has 10 amide bonds. The van der Waals surface area contributed by atoms with Gasteiger partial charge in [0.1, 0.15) is 59.0 Å². The van der Waals surface area contributed by atoms with Crippen molar-refractivity contribution < 1.29 is 88.4 Å². The third-order valence-corrected chi connectivity index (χ3v) is 23.9. The van der Waals surface area contributed by atoms with E-state index in [0.717, 1.165) is 56.1 Å². The number of unbranched alkanes of at least 4 members (excludes halogenated alkanes) is 3. The quantitative estimate of drug-likeness (QED) is 0.00976. The molecule has 604 valence electrons. The summed E-state index contributed by atoms with van der Waals surface area (Å²) >= 11 is 0.932. The highest BCUT2D eigenvalue weighted by Gasteiger charge is 2.46. The molecule has 0 aromatic heterocycles. The summed E-state index contributed by atoms with van der Waals surface area (Å²) in [6.07, 6.45) is 10.6. The zero-order valence-electron chi connectivity index (χ0n) is 62.6. The molecule has 3 aromatic carbocycles. The first-order valence-corrected chi connectivity index (χ1v) is 42.8. The fourth-order valence-electron chi connectivity index (χ4n) is 13.1. The van der Waals surface area contributed by atoms with Crippen molar-refractivity contribution in [1.29, 1.82) is 0 Å². The smallest absolute Gasteiger partial charge is 0.305 e. The fourth-order valence-corrected chi connectivity index (χ4v) is 17.2. The Bertz CT molecular complexity index is 4340. The van der Waals surface area contributed by atoms with Gasteiger partial charge in [-0.15, -0.1) is 11.8 Å². The number of aliphatic carboxylic acids is 1. The summed E-state index contributed by atoms with van der Waals surface area (Å²) in [5.41, 5.74) is 14.8. The van der Waals surface area contributed by atoms with Gasteiger partial charge in [0.15, 0.2) is 11.7 Å². The highest BCUT2D eigenvalue weighted by molar-refractivity contribution is 8.76. The van der Waals surface area contributed by atoms with Crippen molar-refractivity contribution in [2.45, 2.75) is 175 Å². The van der Waals surface area contributed by atoms with Crippen LogP contribution in [0.25, 0.3) is 0 Å². The molecule has 16 N–H and O–H groups in total. The molecule has 4 aliphatic rings. The van der Waals surface area contributed by atoms with Crippen LogP contribution in [0.2, 0.25) is 0 Å². The summed E-state index contributed by atoms with van der Waals surface area (Å²) in [5, 5.41) is 36.0. The van der Waals surface area contributed by atoms with Gasteiger partial charge in [-0.05, 0) is 120 Å². The summed E-state index contributed by atoms with van der Waals surface area (Å²) in [5.74, 6) is -11.2. The maximum atomic E-state index is 14.7. The molecule has 2 fully saturated rings. The minimum absolute atomic E-state index is 0.000339. The molecule has 38 heteroatoms. The van der Waals surface area contributed by atoms with Crippen molar-refractivity contribution in [2.24, 2.45) is 16.5 Å². The number of amides is 10. The Balaban J connectivity index is 1.07. The normalized spacial score (nSPS) is 22.3. The molecule has 2 bridgehead atoms. The topological polar surface area (TPSA) is 511 Å². The zero-order valence-corrected chi connectivity index (χ0v) is 66.7. The van der Waals surface area contributed by atoms with Gasteiger partial charge in [0.05, 0.1) is 33.9 Å². The number of nitrogens with zero attached hydrogens (tertiary/aromatic N) is 3. The summed E-state index contributed by atoms with van der Waals surface area (Å²) < 4.78 is 72.8. The number of nitrogens with one attached hydrogen (secondary N) is 10. The number of likely N-dealkylation sites (N-methyl/N-ethyl adjacent to an activating group) is 2.